The van der Waals surface area contributed by atoms with E-state index in [0.29, 0.717) is 0 Å². The molecule has 0 amide bonds. The first-order valence-electron chi connectivity index (χ1n) is 7.14. The normalized spacial score (nSPS) is 11.6. The lowest BCUT2D eigenvalue weighted by atomic mass is 10.1. The Morgan fingerprint density at radius 3 is 2.37 bits per heavy atom. The Morgan fingerprint density at radius 1 is 1.11 bits per heavy atom. The van der Waals surface area contributed by atoms with Crippen molar-refractivity contribution < 1.29 is 9.47 Å². The van der Waals surface area contributed by atoms with Crippen LogP contribution in [0.5, 0.6) is 5.75 Å². The number of rotatable bonds is 9. The molecule has 0 aliphatic rings. The van der Waals surface area contributed by atoms with Crippen LogP contribution in [0, 0.1) is 0 Å². The van der Waals surface area contributed by atoms with Crippen molar-refractivity contribution in [3.05, 3.63) is 29.8 Å². The number of nitrogens with one attached hydrogen (secondary N) is 1. The number of ether oxygens (including phenoxy) is 2. The maximum absolute atomic E-state index is 5.65. The molecule has 19 heavy (non-hydrogen) atoms. The van der Waals surface area contributed by atoms with Gasteiger partial charge in [-0.1, -0.05) is 19.1 Å². The summed E-state index contributed by atoms with van der Waals surface area (Å²) < 4.78 is 11.2. The molecule has 0 aromatic heterocycles. The summed E-state index contributed by atoms with van der Waals surface area (Å²) in [6.45, 7) is 11.6. The summed E-state index contributed by atoms with van der Waals surface area (Å²) in [5.74, 6) is 0.945. The lowest BCUT2D eigenvalue weighted by Gasteiger charge is -2.25. The van der Waals surface area contributed by atoms with Crippen LogP contribution in [0.15, 0.2) is 24.3 Å². The Morgan fingerprint density at radius 2 is 1.79 bits per heavy atom. The average molecular weight is 265 g/mol. The summed E-state index contributed by atoms with van der Waals surface area (Å²) in [6.07, 6.45) is 1.04. The third-order valence-corrected chi connectivity index (χ3v) is 2.81. The third-order valence-electron chi connectivity index (χ3n) is 2.81. The molecule has 0 atom stereocenters. The molecule has 0 aliphatic heterocycles. The molecule has 1 aromatic carbocycles. The monoisotopic (exact) mass is 265 g/mol. The molecule has 1 aromatic rings. The van der Waals surface area contributed by atoms with Gasteiger partial charge in [-0.3, -0.25) is 0 Å². The van der Waals surface area contributed by atoms with Crippen molar-refractivity contribution in [3.63, 3.8) is 0 Å². The van der Waals surface area contributed by atoms with E-state index in [1.165, 1.54) is 5.56 Å². The first kappa shape index (κ1) is 16.0. The second kappa shape index (κ2) is 8.18. The lowest BCUT2D eigenvalue weighted by Crippen LogP contribution is -2.37. The molecule has 108 valence electrons. The van der Waals surface area contributed by atoms with Gasteiger partial charge in [-0.05, 0) is 44.9 Å². The van der Waals surface area contributed by atoms with Gasteiger partial charge in [0.15, 0.2) is 0 Å². The molecule has 3 heteroatoms. The van der Waals surface area contributed by atoms with Crippen molar-refractivity contribution in [3.8, 4) is 5.75 Å². The third kappa shape index (κ3) is 6.60. The van der Waals surface area contributed by atoms with Gasteiger partial charge in [0.1, 0.15) is 5.75 Å². The maximum atomic E-state index is 5.65. The van der Waals surface area contributed by atoms with Gasteiger partial charge in [-0.2, -0.15) is 0 Å². The largest absolute Gasteiger partial charge is 0.494 e. The zero-order valence-corrected chi connectivity index (χ0v) is 12.7. The fourth-order valence-corrected chi connectivity index (χ4v) is 1.87. The van der Waals surface area contributed by atoms with Crippen molar-refractivity contribution in [1.82, 2.24) is 5.32 Å². The van der Waals surface area contributed by atoms with Gasteiger partial charge < -0.3 is 14.8 Å². The minimum Gasteiger partial charge on any atom is -0.494 e. The zero-order chi connectivity index (χ0) is 14.1. The van der Waals surface area contributed by atoms with Crippen LogP contribution in [0.2, 0.25) is 0 Å². The van der Waals surface area contributed by atoms with Crippen LogP contribution in [0.25, 0.3) is 0 Å². The molecule has 0 bridgehead atoms. The van der Waals surface area contributed by atoms with E-state index in [0.717, 1.165) is 38.5 Å². The summed E-state index contributed by atoms with van der Waals surface area (Å²) in [4.78, 5) is 0. The average Bonchev–Trinajstić information content (AvgIpc) is 2.37. The number of benzene rings is 1. The van der Waals surface area contributed by atoms with Gasteiger partial charge in [0, 0.05) is 19.7 Å². The summed E-state index contributed by atoms with van der Waals surface area (Å²) in [7, 11) is 0. The Bertz CT molecular complexity index is 346. The molecule has 0 spiro atoms. The molecule has 0 unspecified atom stereocenters. The van der Waals surface area contributed by atoms with Gasteiger partial charge in [0.25, 0.3) is 0 Å². The molecular weight excluding hydrogens is 238 g/mol. The van der Waals surface area contributed by atoms with Crippen LogP contribution in [0.1, 0.15) is 39.7 Å². The van der Waals surface area contributed by atoms with Gasteiger partial charge in [0.2, 0.25) is 0 Å². The van der Waals surface area contributed by atoms with Crippen LogP contribution >= 0.6 is 0 Å². The second-order valence-electron chi connectivity index (χ2n) is 5.29. The van der Waals surface area contributed by atoms with E-state index in [9.17, 15) is 0 Å². The highest BCUT2D eigenvalue weighted by Gasteiger charge is 2.16. The van der Waals surface area contributed by atoms with Gasteiger partial charge in [-0.15, -0.1) is 0 Å². The fourth-order valence-electron chi connectivity index (χ4n) is 1.87. The quantitative estimate of drug-likeness (QED) is 0.742. The first-order chi connectivity index (χ1) is 9.07. The Kier molecular flexibility index (Phi) is 6.89. The molecular formula is C16H27NO2. The highest BCUT2D eigenvalue weighted by molar-refractivity contribution is 5.27. The second-order valence-corrected chi connectivity index (χ2v) is 5.29. The molecule has 0 radical (unpaired) electrons. The van der Waals surface area contributed by atoms with Gasteiger partial charge >= 0.3 is 0 Å². The van der Waals surface area contributed by atoms with E-state index in [4.69, 9.17) is 9.47 Å². The topological polar surface area (TPSA) is 30.5 Å². The van der Waals surface area contributed by atoms with E-state index in [-0.39, 0.29) is 5.60 Å². The zero-order valence-electron chi connectivity index (χ0n) is 12.7. The smallest absolute Gasteiger partial charge is 0.119 e. The van der Waals surface area contributed by atoms with Crippen molar-refractivity contribution in [1.29, 1.82) is 0 Å². The maximum Gasteiger partial charge on any atom is 0.119 e. The molecule has 1 rings (SSSR count). The molecule has 0 fully saturated rings. The van der Waals surface area contributed by atoms with Crippen LogP contribution in [-0.4, -0.2) is 25.4 Å². The first-order valence-corrected chi connectivity index (χ1v) is 7.14. The molecule has 0 saturated heterocycles. The Labute approximate surface area is 117 Å². The van der Waals surface area contributed by atoms with E-state index >= 15 is 0 Å². The molecule has 0 heterocycles. The SMILES string of the molecule is CCCOc1ccc(CNCC(C)(C)OCC)cc1. The van der Waals surface area contributed by atoms with E-state index in [1.807, 2.05) is 19.1 Å². The summed E-state index contributed by atoms with van der Waals surface area (Å²) >= 11 is 0. The minimum atomic E-state index is -0.112. The molecule has 3 nitrogen and oxygen atoms in total. The molecule has 0 aliphatic carbocycles. The van der Waals surface area contributed by atoms with Crippen molar-refractivity contribution in [2.24, 2.45) is 0 Å². The number of hydrogen-bond donors (Lipinski definition) is 1. The highest BCUT2D eigenvalue weighted by atomic mass is 16.5. The minimum absolute atomic E-state index is 0.112. The lowest BCUT2D eigenvalue weighted by molar-refractivity contribution is -0.00897. The van der Waals surface area contributed by atoms with Crippen molar-refractivity contribution in [2.45, 2.75) is 46.3 Å². The number of hydrogen-bond acceptors (Lipinski definition) is 3. The van der Waals surface area contributed by atoms with Crippen molar-refractivity contribution >= 4 is 0 Å². The Hall–Kier alpha value is -1.06. The van der Waals surface area contributed by atoms with Crippen molar-refractivity contribution in [2.75, 3.05) is 19.8 Å². The summed E-state index contributed by atoms with van der Waals surface area (Å²) in [5.41, 5.74) is 1.15. The van der Waals surface area contributed by atoms with Crippen LogP contribution < -0.4 is 10.1 Å². The highest BCUT2D eigenvalue weighted by Crippen LogP contribution is 2.13. The van der Waals surface area contributed by atoms with E-state index < -0.39 is 0 Å². The molecule has 0 saturated carbocycles. The van der Waals surface area contributed by atoms with Crippen LogP contribution in [0.3, 0.4) is 0 Å². The van der Waals surface area contributed by atoms with Crippen LogP contribution in [0.4, 0.5) is 0 Å². The Balaban J connectivity index is 2.33. The van der Waals surface area contributed by atoms with Crippen LogP contribution in [-0.2, 0) is 11.3 Å². The van der Waals surface area contributed by atoms with Gasteiger partial charge in [-0.25, -0.2) is 0 Å². The molecule has 1 N–H and O–H groups in total. The standard InChI is InChI=1S/C16H27NO2/c1-5-11-18-15-9-7-14(8-10-15)12-17-13-16(3,4)19-6-2/h7-10,17H,5-6,11-13H2,1-4H3. The fraction of sp³-hybridized carbons (Fsp3) is 0.625. The predicted molar refractivity (Wildman–Crippen MR) is 79.6 cm³/mol. The summed E-state index contributed by atoms with van der Waals surface area (Å²) in [6, 6.07) is 8.26. The van der Waals surface area contributed by atoms with E-state index in [1.54, 1.807) is 0 Å². The van der Waals surface area contributed by atoms with E-state index in [2.05, 4.69) is 38.2 Å². The van der Waals surface area contributed by atoms with Gasteiger partial charge in [0.05, 0.1) is 12.2 Å². The summed E-state index contributed by atoms with van der Waals surface area (Å²) in [5, 5.41) is 3.42. The predicted octanol–water partition coefficient (Wildman–Crippen LogP) is 3.38.